The molecule has 2 heterocycles. The second kappa shape index (κ2) is 10.7. The number of piperazine rings is 1. The van der Waals surface area contributed by atoms with Crippen LogP contribution in [0.5, 0.6) is 0 Å². The predicted molar refractivity (Wildman–Crippen MR) is 135 cm³/mol. The summed E-state index contributed by atoms with van der Waals surface area (Å²) in [6.45, 7) is 8.70. The first kappa shape index (κ1) is 24.4. The number of benzene rings is 1. The summed E-state index contributed by atoms with van der Waals surface area (Å²) in [5.74, 6) is -0.375. The molecule has 0 saturated carbocycles. The molecule has 1 fully saturated rings. The van der Waals surface area contributed by atoms with Crippen molar-refractivity contribution in [3.63, 3.8) is 0 Å². The molecule has 0 spiro atoms. The van der Waals surface area contributed by atoms with E-state index in [9.17, 15) is 14.4 Å². The summed E-state index contributed by atoms with van der Waals surface area (Å²) in [5.41, 5.74) is 3.42. The summed E-state index contributed by atoms with van der Waals surface area (Å²) < 4.78 is 5.49. The second-order valence-corrected chi connectivity index (χ2v) is 10.4. The molecule has 2 aliphatic rings. The Morgan fingerprint density at radius 1 is 1.03 bits per heavy atom. The van der Waals surface area contributed by atoms with E-state index in [2.05, 4.69) is 15.1 Å². The lowest BCUT2D eigenvalue weighted by molar-refractivity contribution is -0.117. The quantitative estimate of drug-likeness (QED) is 0.471. The topological polar surface area (TPSA) is 79.0 Å². The maximum atomic E-state index is 12.9. The van der Waals surface area contributed by atoms with E-state index in [0.29, 0.717) is 22.7 Å². The third-order valence-electron chi connectivity index (χ3n) is 6.35. The monoisotopic (exact) mass is 483 g/mol. The lowest BCUT2D eigenvalue weighted by Crippen LogP contribution is -2.48. The number of hydrogen-bond acceptors (Lipinski definition) is 7. The number of rotatable bonds is 7. The highest BCUT2D eigenvalue weighted by Gasteiger charge is 2.28. The molecule has 0 bridgehead atoms. The number of nitrogens with one attached hydrogen (secondary N) is 1. The molecule has 1 aliphatic heterocycles. The number of ether oxygens (including phenoxy) is 1. The summed E-state index contributed by atoms with van der Waals surface area (Å²) in [5, 5.41) is 3.65. The summed E-state index contributed by atoms with van der Waals surface area (Å²) in [6, 6.07) is 7.69. The first-order valence-electron chi connectivity index (χ1n) is 12.1. The number of nitrogens with zero attached hydrogens (tertiary/aromatic N) is 2. The van der Waals surface area contributed by atoms with Crippen LogP contribution in [0.1, 0.15) is 64.8 Å². The van der Waals surface area contributed by atoms with Crippen LogP contribution in [0, 0.1) is 0 Å². The van der Waals surface area contributed by atoms with Crippen LogP contribution in [0.25, 0.3) is 0 Å². The molecule has 1 aromatic heterocycles. The molecule has 34 heavy (non-hydrogen) atoms. The summed E-state index contributed by atoms with van der Waals surface area (Å²) in [7, 11) is 0. The van der Waals surface area contributed by atoms with Gasteiger partial charge in [-0.15, -0.1) is 11.3 Å². The highest BCUT2D eigenvalue weighted by Crippen LogP contribution is 2.38. The number of carbonyl (C=O) groups excluding carboxylic acids is 3. The standard InChI is InChI=1S/C26H33N3O4S/c1-17(2)33-26(32)24-21-6-4-5-7-22(21)34-25(24)27-23(31)16-28-12-14-29(15-13-28)20-10-8-19(9-11-20)18(3)30/h8-11,17H,4-7,12-16H2,1-3H3,(H,27,31). The molecule has 1 aliphatic carbocycles. The zero-order valence-corrected chi connectivity index (χ0v) is 21.0. The van der Waals surface area contributed by atoms with Gasteiger partial charge in [-0.05, 0) is 76.3 Å². The Balaban J connectivity index is 1.36. The molecule has 182 valence electrons. The smallest absolute Gasteiger partial charge is 0.341 e. The average Bonchev–Trinajstić information content (AvgIpc) is 3.17. The number of carbonyl (C=O) groups is 3. The van der Waals surface area contributed by atoms with Crippen LogP contribution in [-0.4, -0.2) is 61.4 Å². The molecule has 7 nitrogen and oxygen atoms in total. The first-order valence-corrected chi connectivity index (χ1v) is 12.9. The van der Waals surface area contributed by atoms with Gasteiger partial charge >= 0.3 is 5.97 Å². The number of hydrogen-bond donors (Lipinski definition) is 1. The zero-order valence-electron chi connectivity index (χ0n) is 20.2. The molecule has 0 unspecified atom stereocenters. The molecular weight excluding hydrogens is 450 g/mol. The fourth-order valence-electron chi connectivity index (χ4n) is 4.58. The summed E-state index contributed by atoms with van der Waals surface area (Å²) >= 11 is 1.52. The van der Waals surface area contributed by atoms with Crippen LogP contribution >= 0.6 is 11.3 Å². The van der Waals surface area contributed by atoms with Crippen LogP contribution in [0.2, 0.25) is 0 Å². The van der Waals surface area contributed by atoms with Crippen LogP contribution in [0.15, 0.2) is 24.3 Å². The third-order valence-corrected chi connectivity index (χ3v) is 7.56. The molecular formula is C26H33N3O4S. The Morgan fingerprint density at radius 3 is 2.35 bits per heavy atom. The van der Waals surface area contributed by atoms with Crippen LogP contribution in [0.4, 0.5) is 10.7 Å². The first-order chi connectivity index (χ1) is 16.3. The normalized spacial score (nSPS) is 16.3. The van der Waals surface area contributed by atoms with Crippen LogP contribution in [0.3, 0.4) is 0 Å². The zero-order chi connectivity index (χ0) is 24.2. The van der Waals surface area contributed by atoms with Crippen molar-refractivity contribution in [2.24, 2.45) is 0 Å². The maximum Gasteiger partial charge on any atom is 0.341 e. The van der Waals surface area contributed by atoms with Gasteiger partial charge in [-0.2, -0.15) is 0 Å². The van der Waals surface area contributed by atoms with Crippen molar-refractivity contribution < 1.29 is 19.1 Å². The highest BCUT2D eigenvalue weighted by atomic mass is 32.1. The molecule has 2 aromatic rings. The van der Waals surface area contributed by atoms with E-state index >= 15 is 0 Å². The van der Waals surface area contributed by atoms with Crippen LogP contribution < -0.4 is 10.2 Å². The Labute approximate surface area is 205 Å². The van der Waals surface area contributed by atoms with Crippen LogP contribution in [-0.2, 0) is 22.4 Å². The van der Waals surface area contributed by atoms with E-state index in [1.54, 1.807) is 6.92 Å². The fourth-order valence-corrected chi connectivity index (χ4v) is 5.88. The number of anilines is 2. The minimum absolute atomic E-state index is 0.0644. The van der Waals surface area contributed by atoms with Crippen molar-refractivity contribution in [1.29, 1.82) is 0 Å². The van der Waals surface area contributed by atoms with Gasteiger partial charge in [0.05, 0.1) is 18.2 Å². The third kappa shape index (κ3) is 5.67. The minimum atomic E-state index is -0.339. The molecule has 1 aromatic carbocycles. The van der Waals surface area contributed by atoms with E-state index in [-0.39, 0.29) is 23.8 Å². The van der Waals surface area contributed by atoms with Crippen molar-refractivity contribution in [2.75, 3.05) is 42.9 Å². The Kier molecular flexibility index (Phi) is 7.68. The molecule has 4 rings (SSSR count). The van der Waals surface area contributed by atoms with E-state index in [1.807, 2.05) is 38.1 Å². The largest absolute Gasteiger partial charge is 0.459 e. The van der Waals surface area contributed by atoms with E-state index < -0.39 is 0 Å². The van der Waals surface area contributed by atoms with Gasteiger partial charge in [-0.25, -0.2) is 4.79 Å². The van der Waals surface area contributed by atoms with Crippen molar-refractivity contribution in [3.8, 4) is 0 Å². The van der Waals surface area contributed by atoms with Gasteiger partial charge in [0.15, 0.2) is 5.78 Å². The molecule has 0 atom stereocenters. The summed E-state index contributed by atoms with van der Waals surface area (Å²) in [4.78, 5) is 42.8. The van der Waals surface area contributed by atoms with Gasteiger partial charge in [0.1, 0.15) is 5.00 Å². The van der Waals surface area contributed by atoms with Gasteiger partial charge in [-0.1, -0.05) is 0 Å². The number of fused-ring (bicyclic) bond motifs is 1. The van der Waals surface area contributed by atoms with E-state index in [0.717, 1.165) is 63.1 Å². The molecule has 8 heteroatoms. The van der Waals surface area contributed by atoms with Crippen molar-refractivity contribution in [3.05, 3.63) is 45.8 Å². The van der Waals surface area contributed by atoms with Crippen molar-refractivity contribution >= 4 is 39.7 Å². The number of aryl methyl sites for hydroxylation is 1. The van der Waals surface area contributed by atoms with Gasteiger partial charge in [0.25, 0.3) is 0 Å². The van der Waals surface area contributed by atoms with Gasteiger partial charge in [0.2, 0.25) is 5.91 Å². The van der Waals surface area contributed by atoms with E-state index in [1.165, 1.54) is 16.2 Å². The number of amides is 1. The Morgan fingerprint density at radius 2 is 1.71 bits per heavy atom. The van der Waals surface area contributed by atoms with Gasteiger partial charge in [0, 0.05) is 42.3 Å². The molecule has 1 saturated heterocycles. The van der Waals surface area contributed by atoms with Crippen molar-refractivity contribution in [1.82, 2.24) is 4.90 Å². The predicted octanol–water partition coefficient (Wildman–Crippen LogP) is 4.16. The molecule has 1 N–H and O–H groups in total. The molecule has 0 radical (unpaired) electrons. The average molecular weight is 484 g/mol. The van der Waals surface area contributed by atoms with Gasteiger partial charge in [-0.3, -0.25) is 14.5 Å². The number of Topliss-reactive ketones (excluding diaryl/α,β-unsaturated/α-hetero) is 1. The Bertz CT molecular complexity index is 1050. The minimum Gasteiger partial charge on any atom is -0.459 e. The Hall–Kier alpha value is -2.71. The number of ketones is 1. The number of thiophene rings is 1. The summed E-state index contributed by atoms with van der Waals surface area (Å²) in [6.07, 6.45) is 3.78. The van der Waals surface area contributed by atoms with Crippen molar-refractivity contribution in [2.45, 2.75) is 52.6 Å². The molecule has 1 amide bonds. The van der Waals surface area contributed by atoms with E-state index in [4.69, 9.17) is 4.74 Å². The second-order valence-electron chi connectivity index (χ2n) is 9.28. The fraction of sp³-hybridized carbons (Fsp3) is 0.500. The lowest BCUT2D eigenvalue weighted by atomic mass is 9.95. The van der Waals surface area contributed by atoms with Gasteiger partial charge < -0.3 is 15.0 Å². The maximum absolute atomic E-state index is 12.9. The lowest BCUT2D eigenvalue weighted by Gasteiger charge is -2.35. The SMILES string of the molecule is CC(=O)c1ccc(N2CCN(CC(=O)Nc3sc4c(c3C(=O)OC(C)C)CCCC4)CC2)cc1. The highest BCUT2D eigenvalue weighted by molar-refractivity contribution is 7.17. The number of esters is 1.